The lowest BCUT2D eigenvalue weighted by molar-refractivity contribution is 0.304. The van der Waals surface area contributed by atoms with Gasteiger partial charge in [0, 0.05) is 6.54 Å². The Labute approximate surface area is 115 Å². The highest BCUT2D eigenvalue weighted by Gasteiger charge is 2.03. The first-order valence-corrected chi connectivity index (χ1v) is 6.70. The Kier molecular flexibility index (Phi) is 4.58. The van der Waals surface area contributed by atoms with Crippen molar-refractivity contribution in [2.24, 2.45) is 5.73 Å². The largest absolute Gasteiger partial charge is 0.489 e. The summed E-state index contributed by atoms with van der Waals surface area (Å²) in [5, 5.41) is 0. The molecule has 0 spiro atoms. The standard InChI is InChI=1S/C17H21NO/c1-13(2)14-8-5-9-17(10-14)19-12-16-7-4-3-6-15(16)11-18/h3-10,13H,11-12,18H2,1-2H3. The van der Waals surface area contributed by atoms with Gasteiger partial charge in [0.15, 0.2) is 0 Å². The van der Waals surface area contributed by atoms with Crippen LogP contribution in [-0.4, -0.2) is 0 Å². The molecule has 0 heterocycles. The molecule has 0 aliphatic heterocycles. The van der Waals surface area contributed by atoms with Gasteiger partial charge < -0.3 is 10.5 Å². The number of nitrogens with two attached hydrogens (primary N) is 1. The summed E-state index contributed by atoms with van der Waals surface area (Å²) >= 11 is 0. The molecule has 0 bridgehead atoms. The topological polar surface area (TPSA) is 35.2 Å². The molecule has 0 unspecified atom stereocenters. The van der Waals surface area contributed by atoms with Crippen molar-refractivity contribution >= 4 is 0 Å². The fourth-order valence-electron chi connectivity index (χ4n) is 2.02. The van der Waals surface area contributed by atoms with E-state index in [9.17, 15) is 0 Å². The van der Waals surface area contributed by atoms with Crippen molar-refractivity contribution in [3.8, 4) is 5.75 Å². The first kappa shape index (κ1) is 13.6. The van der Waals surface area contributed by atoms with Gasteiger partial charge in [0.25, 0.3) is 0 Å². The van der Waals surface area contributed by atoms with Gasteiger partial charge in [-0.25, -0.2) is 0 Å². The lowest BCUT2D eigenvalue weighted by atomic mass is 10.0. The van der Waals surface area contributed by atoms with Crippen LogP contribution in [0.5, 0.6) is 5.75 Å². The average molecular weight is 255 g/mol. The van der Waals surface area contributed by atoms with Gasteiger partial charge in [-0.05, 0) is 34.7 Å². The minimum atomic E-state index is 0.514. The van der Waals surface area contributed by atoms with Crippen molar-refractivity contribution in [3.63, 3.8) is 0 Å². The Balaban J connectivity index is 2.08. The third kappa shape index (κ3) is 3.58. The second-order valence-electron chi connectivity index (χ2n) is 4.99. The summed E-state index contributed by atoms with van der Waals surface area (Å²) in [6.07, 6.45) is 0. The Morgan fingerprint density at radius 3 is 2.42 bits per heavy atom. The predicted molar refractivity (Wildman–Crippen MR) is 79.2 cm³/mol. The van der Waals surface area contributed by atoms with Crippen LogP contribution in [0.4, 0.5) is 0 Å². The van der Waals surface area contributed by atoms with Crippen LogP contribution in [0.1, 0.15) is 36.5 Å². The molecule has 0 atom stereocenters. The molecule has 2 aromatic carbocycles. The minimum absolute atomic E-state index is 0.514. The maximum atomic E-state index is 5.87. The summed E-state index contributed by atoms with van der Waals surface area (Å²) < 4.78 is 5.87. The number of benzene rings is 2. The molecule has 0 radical (unpaired) electrons. The minimum Gasteiger partial charge on any atom is -0.489 e. The van der Waals surface area contributed by atoms with E-state index in [1.54, 1.807) is 0 Å². The first-order chi connectivity index (χ1) is 9.20. The Bertz CT molecular complexity index is 534. The first-order valence-electron chi connectivity index (χ1n) is 6.70. The summed E-state index contributed by atoms with van der Waals surface area (Å²) in [5.74, 6) is 1.43. The van der Waals surface area contributed by atoms with E-state index >= 15 is 0 Å². The summed E-state index contributed by atoms with van der Waals surface area (Å²) in [5.41, 5.74) is 9.32. The number of hydrogen-bond acceptors (Lipinski definition) is 2. The number of rotatable bonds is 5. The quantitative estimate of drug-likeness (QED) is 0.880. The maximum absolute atomic E-state index is 5.87. The Hall–Kier alpha value is -1.80. The van der Waals surface area contributed by atoms with Crippen LogP contribution in [0.25, 0.3) is 0 Å². The molecule has 0 aliphatic rings. The van der Waals surface area contributed by atoms with Crippen molar-refractivity contribution < 1.29 is 4.74 Å². The number of ether oxygens (including phenoxy) is 1. The van der Waals surface area contributed by atoms with Crippen LogP contribution in [0.15, 0.2) is 48.5 Å². The summed E-state index contributed by atoms with van der Waals surface area (Å²) in [6, 6.07) is 16.4. The Morgan fingerprint density at radius 1 is 1.00 bits per heavy atom. The molecule has 2 nitrogen and oxygen atoms in total. The van der Waals surface area contributed by atoms with Gasteiger partial charge in [-0.1, -0.05) is 50.2 Å². The van der Waals surface area contributed by atoms with E-state index in [1.165, 1.54) is 5.56 Å². The molecule has 0 aliphatic carbocycles. The van der Waals surface area contributed by atoms with Crippen LogP contribution in [-0.2, 0) is 13.2 Å². The molecular weight excluding hydrogens is 234 g/mol. The van der Waals surface area contributed by atoms with E-state index in [0.29, 0.717) is 19.1 Å². The van der Waals surface area contributed by atoms with Gasteiger partial charge in [-0.15, -0.1) is 0 Å². The number of hydrogen-bond donors (Lipinski definition) is 1. The smallest absolute Gasteiger partial charge is 0.120 e. The van der Waals surface area contributed by atoms with Crippen molar-refractivity contribution in [3.05, 3.63) is 65.2 Å². The molecule has 100 valence electrons. The van der Waals surface area contributed by atoms with Crippen molar-refractivity contribution in [1.29, 1.82) is 0 Å². The highest BCUT2D eigenvalue weighted by Crippen LogP contribution is 2.21. The fourth-order valence-corrected chi connectivity index (χ4v) is 2.02. The van der Waals surface area contributed by atoms with Gasteiger partial charge >= 0.3 is 0 Å². The summed E-state index contributed by atoms with van der Waals surface area (Å²) in [6.45, 7) is 5.48. The van der Waals surface area contributed by atoms with E-state index < -0.39 is 0 Å². The second-order valence-corrected chi connectivity index (χ2v) is 4.99. The lowest BCUT2D eigenvalue weighted by Crippen LogP contribution is -2.04. The van der Waals surface area contributed by atoms with Gasteiger partial charge in [0.05, 0.1) is 0 Å². The SMILES string of the molecule is CC(C)c1cccc(OCc2ccccc2CN)c1. The van der Waals surface area contributed by atoms with Gasteiger partial charge in [-0.2, -0.15) is 0 Å². The van der Waals surface area contributed by atoms with Crippen LogP contribution in [0, 0.1) is 0 Å². The zero-order valence-electron chi connectivity index (χ0n) is 11.6. The molecule has 19 heavy (non-hydrogen) atoms. The molecular formula is C17H21NO. The van der Waals surface area contributed by atoms with Crippen molar-refractivity contribution in [2.45, 2.75) is 32.9 Å². The lowest BCUT2D eigenvalue weighted by Gasteiger charge is -2.12. The van der Waals surface area contributed by atoms with Crippen LogP contribution in [0.3, 0.4) is 0 Å². The fraction of sp³-hybridized carbons (Fsp3) is 0.294. The molecule has 0 saturated heterocycles. The van der Waals surface area contributed by atoms with Crippen molar-refractivity contribution in [2.75, 3.05) is 0 Å². The Morgan fingerprint density at radius 2 is 1.74 bits per heavy atom. The molecule has 0 fully saturated rings. The third-order valence-electron chi connectivity index (χ3n) is 3.26. The highest BCUT2D eigenvalue weighted by atomic mass is 16.5. The van der Waals surface area contributed by atoms with Crippen LogP contribution < -0.4 is 10.5 Å². The molecule has 2 rings (SSSR count). The van der Waals surface area contributed by atoms with Gasteiger partial charge in [0.2, 0.25) is 0 Å². The van der Waals surface area contributed by atoms with Gasteiger partial charge in [0.1, 0.15) is 12.4 Å². The van der Waals surface area contributed by atoms with Crippen LogP contribution >= 0.6 is 0 Å². The molecule has 2 N–H and O–H groups in total. The molecule has 0 amide bonds. The summed E-state index contributed by atoms with van der Waals surface area (Å²) in [7, 11) is 0. The van der Waals surface area contributed by atoms with E-state index in [0.717, 1.165) is 16.9 Å². The van der Waals surface area contributed by atoms with E-state index in [-0.39, 0.29) is 0 Å². The van der Waals surface area contributed by atoms with E-state index in [1.807, 2.05) is 30.3 Å². The summed E-state index contributed by atoms with van der Waals surface area (Å²) in [4.78, 5) is 0. The van der Waals surface area contributed by atoms with E-state index in [4.69, 9.17) is 10.5 Å². The zero-order valence-corrected chi connectivity index (χ0v) is 11.6. The zero-order chi connectivity index (χ0) is 13.7. The predicted octanol–water partition coefficient (Wildman–Crippen LogP) is 3.85. The maximum Gasteiger partial charge on any atom is 0.120 e. The highest BCUT2D eigenvalue weighted by molar-refractivity contribution is 5.31. The van der Waals surface area contributed by atoms with Crippen LogP contribution in [0.2, 0.25) is 0 Å². The molecule has 0 aromatic heterocycles. The average Bonchev–Trinajstić information content (AvgIpc) is 2.45. The second kappa shape index (κ2) is 6.39. The normalized spacial score (nSPS) is 10.7. The molecule has 2 heteroatoms. The molecule has 0 saturated carbocycles. The van der Waals surface area contributed by atoms with Crippen molar-refractivity contribution in [1.82, 2.24) is 0 Å². The monoisotopic (exact) mass is 255 g/mol. The third-order valence-corrected chi connectivity index (χ3v) is 3.26. The molecule has 2 aromatic rings. The van der Waals surface area contributed by atoms with E-state index in [2.05, 4.69) is 32.0 Å². The van der Waals surface area contributed by atoms with Gasteiger partial charge in [-0.3, -0.25) is 0 Å².